The fourth-order valence-corrected chi connectivity index (χ4v) is 0. The van der Waals surface area contributed by atoms with E-state index < -0.39 is 9.20 Å². The van der Waals surface area contributed by atoms with Crippen molar-refractivity contribution in [3.8, 4) is 12.0 Å². The topological polar surface area (TPSA) is 29.5 Å². The molecular weight excluding hydrogens is 362 g/mol. The Kier molecular flexibility index (Phi) is 497. The summed E-state index contributed by atoms with van der Waals surface area (Å²) in [4.78, 5) is 7.38. The second-order valence-electron chi connectivity index (χ2n) is 0.451. The molecule has 2 radical (unpaired) electrons. The van der Waals surface area contributed by atoms with E-state index in [1.807, 2.05) is 13.8 Å². The van der Waals surface area contributed by atoms with Crippen molar-refractivity contribution in [2.75, 3.05) is 7.11 Å². The summed E-state index contributed by atoms with van der Waals surface area (Å²) in [5.74, 6) is 0. The minimum Gasteiger partial charge on any atom is -0.521 e. The quantitative estimate of drug-likeness (QED) is 0.509. The van der Waals surface area contributed by atoms with Gasteiger partial charge in [0.25, 0.3) is 0 Å². The van der Waals surface area contributed by atoms with Gasteiger partial charge in [-0.05, 0) is 0 Å². The maximum atomic E-state index is 7.38. The molecule has 1 N–H and O–H groups in total. The van der Waals surface area contributed by atoms with Crippen LogP contribution in [0.1, 0.15) is 28.7 Å². The molecule has 0 atom stereocenters. The summed E-state index contributed by atoms with van der Waals surface area (Å²) in [6.45, 7) is 4.00. The van der Waals surface area contributed by atoms with Crippen LogP contribution in [-0.4, -0.2) is 30.3 Å². The molecule has 0 unspecified atom stereocenters. The van der Waals surface area contributed by atoms with Crippen molar-refractivity contribution >= 4 is 18.4 Å². The summed E-state index contributed by atoms with van der Waals surface area (Å²) in [6, 6.07) is 9.26. The summed E-state index contributed by atoms with van der Waals surface area (Å²) in [7, 11) is 1.29. The van der Waals surface area contributed by atoms with Gasteiger partial charge in [0.05, 0.1) is 7.11 Å². The van der Waals surface area contributed by atoms with Gasteiger partial charge in [0, 0.05) is 65.4 Å². The summed E-state index contributed by atoms with van der Waals surface area (Å²) in [5, 5.41) is 0. The number of hydrogen-bond donors (Lipinski definition) is 1. The maximum Gasteiger partial charge on any atom is 0.239 e. The fraction of sp³-hybridized carbons (Fsp3) is 0.625. The summed E-state index contributed by atoms with van der Waals surface area (Å²) >= 11 is 0. The second kappa shape index (κ2) is 122. The molecule has 0 amide bonds. The molecule has 0 aliphatic rings. The van der Waals surface area contributed by atoms with Gasteiger partial charge in [-0.3, -0.25) is 0 Å². The Balaban J connectivity index is -0.00000000565. The Hall–Kier alpha value is 1.80. The fourth-order valence-electron chi connectivity index (χ4n) is 0. The van der Waals surface area contributed by atoms with Crippen molar-refractivity contribution in [3.63, 3.8) is 0 Å². The van der Waals surface area contributed by atoms with Gasteiger partial charge in [-0.2, -0.15) is 0 Å². The van der Waals surface area contributed by atoms with Crippen LogP contribution in [0.3, 0.4) is 0 Å². The predicted octanol–water partition coefficient (Wildman–Crippen LogP) is 1.77. The zero-order valence-electron chi connectivity index (χ0n) is 8.16. The monoisotopic (exact) mass is 385 g/mol. The molecule has 0 aliphatic heterocycles. The molecule has 0 aromatic carbocycles. The molecule has 0 aliphatic carbocycles. The Morgan fingerprint density at radius 2 is 1.14 bits per heavy atom. The Morgan fingerprint density at radius 1 is 1.07 bits per heavy atom. The minimum absolute atomic E-state index is 0. The first-order chi connectivity index (χ1) is 4.33. The van der Waals surface area contributed by atoms with Crippen LogP contribution in [0.2, 0.25) is 0 Å². The van der Waals surface area contributed by atoms with Crippen LogP contribution in [0.15, 0.2) is 0 Å². The first kappa shape index (κ1) is 56.9. The average molecular weight is 385 g/mol. The Morgan fingerprint density at radius 3 is 1.14 bits per heavy atom. The van der Waals surface area contributed by atoms with Crippen molar-refractivity contribution < 1.29 is 74.6 Å². The molecule has 0 aromatic rings. The zero-order chi connectivity index (χ0) is 8.12. The second-order valence-corrected chi connectivity index (χ2v) is 1.35. The van der Waals surface area contributed by atoms with Crippen LogP contribution in [0.4, 0.5) is 0 Å². The molecule has 0 heterocycles. The van der Waals surface area contributed by atoms with E-state index in [9.17, 15) is 0 Å². The normalized spacial score (nSPS) is 2.07. The minimum atomic E-state index is -0.417. The molecular formula is C8H23O2Si2Y2-. The largest absolute Gasteiger partial charge is 0.521 e. The average Bonchev–Trinajstić information content (AvgIpc) is 1.94. The van der Waals surface area contributed by atoms with Gasteiger partial charge >= 0.3 is 0 Å². The molecule has 2 nitrogen and oxygen atoms in total. The van der Waals surface area contributed by atoms with Gasteiger partial charge in [-0.25, -0.2) is 0 Å². The zero-order valence-corrected chi connectivity index (χ0v) is 15.8. The number of hydrogen-bond acceptors (Lipinski definition) is 2. The van der Waals surface area contributed by atoms with E-state index in [0.717, 1.165) is 0 Å². The molecule has 0 fully saturated rings. The van der Waals surface area contributed by atoms with E-state index in [0.29, 0.717) is 0 Å². The Bertz CT molecular complexity index is 100. The first-order valence-corrected chi connectivity index (χ1v) is 4.42. The molecule has 0 saturated carbocycles. The number of rotatable bonds is 0. The molecule has 82 valence electrons. The van der Waals surface area contributed by atoms with Crippen LogP contribution in [0.5, 0.6) is 0 Å². The Labute approximate surface area is 146 Å². The van der Waals surface area contributed by atoms with Gasteiger partial charge in [0.2, 0.25) is 18.4 Å². The standard InChI is InChI=1S/C2H4OSi.C2H6.CH2OSi.2CH4.CH3.2Y/c1-3-4-2;1-2;1-3-2;;;;;/h2H,1H3;1-2H3;1-2H;2*1H4;1H3;;/q;;;;;-1;;. The molecule has 0 aromatic heterocycles. The smallest absolute Gasteiger partial charge is 0.239 e. The maximum absolute atomic E-state index is 7.38. The molecule has 0 saturated heterocycles. The third-order valence-electron chi connectivity index (χ3n) is 0.118. The van der Waals surface area contributed by atoms with Crippen molar-refractivity contribution in [1.82, 2.24) is 0 Å². The van der Waals surface area contributed by atoms with E-state index >= 15 is 0 Å². The van der Waals surface area contributed by atoms with Crippen molar-refractivity contribution in [2.24, 2.45) is 0 Å². The van der Waals surface area contributed by atoms with Gasteiger partial charge in [-0.1, -0.05) is 28.7 Å². The van der Waals surface area contributed by atoms with E-state index in [1.165, 1.54) is 0 Å². The molecule has 14 heavy (non-hydrogen) atoms. The van der Waals surface area contributed by atoms with Crippen LogP contribution in [0.25, 0.3) is 0 Å². The van der Waals surface area contributed by atoms with Crippen LogP contribution in [0, 0.1) is 19.4 Å². The molecule has 0 spiro atoms. The van der Waals surface area contributed by atoms with E-state index in [1.54, 1.807) is 7.11 Å². The predicted molar refractivity (Wildman–Crippen MR) is 61.8 cm³/mol. The third kappa shape index (κ3) is 288. The first-order valence-electron chi connectivity index (χ1n) is 2.41. The molecule has 0 rings (SSSR count). The van der Waals surface area contributed by atoms with Crippen LogP contribution in [-0.2, 0) is 69.8 Å². The van der Waals surface area contributed by atoms with E-state index in [2.05, 4.69) is 10.4 Å². The summed E-state index contributed by atoms with van der Waals surface area (Å²) < 4.78 is 4.35. The van der Waals surface area contributed by atoms with Gasteiger partial charge in [0.15, 0.2) is 0 Å². The van der Waals surface area contributed by atoms with Crippen LogP contribution < -0.4 is 0 Å². The van der Waals surface area contributed by atoms with E-state index in [-0.39, 0.29) is 96.9 Å². The van der Waals surface area contributed by atoms with E-state index in [4.69, 9.17) is 10.8 Å². The van der Waals surface area contributed by atoms with Gasteiger partial charge in [-0.15, -0.1) is 12.0 Å². The van der Waals surface area contributed by atoms with Gasteiger partial charge < -0.3 is 16.6 Å². The molecule has 0 bridgehead atoms. The molecule has 6 heteroatoms. The van der Waals surface area contributed by atoms with Crippen LogP contribution >= 0.6 is 0 Å². The van der Waals surface area contributed by atoms with Crippen molar-refractivity contribution in [2.45, 2.75) is 28.7 Å². The van der Waals surface area contributed by atoms with Crippen molar-refractivity contribution in [1.29, 1.82) is 0 Å². The SMILES string of the molecule is C.C.C#[Si]O.C#[Si]OC.CC.[CH3-].[Y].[Y]. The summed E-state index contributed by atoms with van der Waals surface area (Å²) in [5.41, 5.74) is 0. The van der Waals surface area contributed by atoms with Gasteiger partial charge in [0.1, 0.15) is 0 Å². The summed E-state index contributed by atoms with van der Waals surface area (Å²) in [6.07, 6.45) is 0. The third-order valence-corrected chi connectivity index (χ3v) is 0.354. The van der Waals surface area contributed by atoms with Crippen molar-refractivity contribution in [3.05, 3.63) is 7.43 Å².